The van der Waals surface area contributed by atoms with Gasteiger partial charge in [-0.05, 0) is 35.7 Å². The molecule has 0 fully saturated rings. The van der Waals surface area contributed by atoms with Crippen LogP contribution in [-0.2, 0) is 6.54 Å². The molecule has 0 bridgehead atoms. The monoisotopic (exact) mass is 368 g/mol. The maximum absolute atomic E-state index is 12.3. The Morgan fingerprint density at radius 1 is 1.16 bits per heavy atom. The van der Waals surface area contributed by atoms with E-state index in [0.717, 1.165) is 15.8 Å². The third kappa shape index (κ3) is 3.40. The molecule has 0 saturated heterocycles. The van der Waals surface area contributed by atoms with Gasteiger partial charge >= 0.3 is 0 Å². The largest absolute Gasteiger partial charge is 0.346 e. The minimum Gasteiger partial charge on any atom is -0.346 e. The summed E-state index contributed by atoms with van der Waals surface area (Å²) < 4.78 is 2.73. The number of nitrogens with one attached hydrogen (secondary N) is 1. The number of amides is 1. The number of halogens is 1. The van der Waals surface area contributed by atoms with Crippen LogP contribution in [0.3, 0.4) is 0 Å². The second-order valence-corrected chi connectivity index (χ2v) is 6.99. The number of hydrogen-bond donors (Lipinski definition) is 1. The van der Waals surface area contributed by atoms with Crippen LogP contribution in [0.15, 0.2) is 60.8 Å². The van der Waals surface area contributed by atoms with E-state index in [-0.39, 0.29) is 5.91 Å². The maximum atomic E-state index is 12.3. The summed E-state index contributed by atoms with van der Waals surface area (Å²) in [7, 11) is 0. The molecule has 124 valence electrons. The first-order chi connectivity index (χ1) is 12.2. The lowest BCUT2D eigenvalue weighted by atomic mass is 10.2. The summed E-state index contributed by atoms with van der Waals surface area (Å²) in [5.41, 5.74) is 1.50. The van der Waals surface area contributed by atoms with Gasteiger partial charge in [-0.25, -0.2) is 4.68 Å². The van der Waals surface area contributed by atoms with E-state index >= 15 is 0 Å². The number of carbonyl (C=O) groups excluding carboxylic acids is 1. The van der Waals surface area contributed by atoms with Crippen LogP contribution >= 0.6 is 22.9 Å². The number of benzene rings is 2. The quantitative estimate of drug-likeness (QED) is 0.590. The van der Waals surface area contributed by atoms with Crippen LogP contribution in [0.1, 0.15) is 15.4 Å². The Morgan fingerprint density at radius 2 is 2.04 bits per heavy atom. The Kier molecular flexibility index (Phi) is 4.21. The predicted molar refractivity (Wildman–Crippen MR) is 99.4 cm³/mol. The highest BCUT2D eigenvalue weighted by Gasteiger charge is 2.11. The van der Waals surface area contributed by atoms with Gasteiger partial charge in [-0.2, -0.15) is 0 Å². The Bertz CT molecular complexity index is 1020. The molecule has 0 spiro atoms. The van der Waals surface area contributed by atoms with E-state index < -0.39 is 0 Å². The van der Waals surface area contributed by atoms with Crippen molar-refractivity contribution in [3.05, 3.63) is 76.4 Å². The second-order valence-electron chi connectivity index (χ2n) is 5.47. The lowest BCUT2D eigenvalue weighted by Crippen LogP contribution is -2.21. The average Bonchev–Trinajstić information content (AvgIpc) is 3.26. The highest BCUT2D eigenvalue weighted by Crippen LogP contribution is 2.25. The van der Waals surface area contributed by atoms with Gasteiger partial charge in [-0.15, -0.1) is 16.4 Å². The van der Waals surface area contributed by atoms with E-state index in [1.165, 1.54) is 11.3 Å². The third-order valence-electron chi connectivity index (χ3n) is 3.69. The molecule has 0 aliphatic rings. The SMILES string of the molecule is O=C(NCc1cn(-c2cccc(Cl)c2)nn1)c1cc2ccccc2s1. The predicted octanol–water partition coefficient (Wildman–Crippen LogP) is 4.07. The van der Waals surface area contributed by atoms with E-state index in [4.69, 9.17) is 11.6 Å². The molecule has 5 nitrogen and oxygen atoms in total. The molecule has 2 aromatic carbocycles. The molecule has 0 aliphatic heterocycles. The molecule has 0 unspecified atom stereocenters. The minimum absolute atomic E-state index is 0.112. The zero-order chi connectivity index (χ0) is 17.2. The normalized spacial score (nSPS) is 10.9. The lowest BCUT2D eigenvalue weighted by Gasteiger charge is -2.00. The molecule has 1 N–H and O–H groups in total. The Hall–Kier alpha value is -2.70. The fraction of sp³-hybridized carbons (Fsp3) is 0.0556. The number of rotatable bonds is 4. The average molecular weight is 369 g/mol. The number of hydrogen-bond acceptors (Lipinski definition) is 4. The zero-order valence-electron chi connectivity index (χ0n) is 13.0. The van der Waals surface area contributed by atoms with Crippen LogP contribution in [0.4, 0.5) is 0 Å². The van der Waals surface area contributed by atoms with Gasteiger partial charge in [0.15, 0.2) is 0 Å². The minimum atomic E-state index is -0.112. The molecule has 2 aromatic heterocycles. The van der Waals surface area contributed by atoms with Crippen LogP contribution in [0.25, 0.3) is 15.8 Å². The van der Waals surface area contributed by atoms with E-state index in [1.54, 1.807) is 23.0 Å². The maximum Gasteiger partial charge on any atom is 0.261 e. The number of carbonyl (C=O) groups is 1. The summed E-state index contributed by atoms with van der Waals surface area (Å²) in [5, 5.41) is 12.7. The van der Waals surface area contributed by atoms with Crippen molar-refractivity contribution in [2.45, 2.75) is 6.54 Å². The summed E-state index contributed by atoms with van der Waals surface area (Å²) in [5.74, 6) is -0.112. The van der Waals surface area contributed by atoms with Crippen LogP contribution in [0, 0.1) is 0 Å². The summed E-state index contributed by atoms with van der Waals surface area (Å²) in [6, 6.07) is 17.2. The molecule has 0 aliphatic carbocycles. The first-order valence-electron chi connectivity index (χ1n) is 7.63. The number of thiophene rings is 1. The summed E-state index contributed by atoms with van der Waals surface area (Å²) in [6.45, 7) is 0.313. The van der Waals surface area contributed by atoms with Crippen molar-refractivity contribution in [2.75, 3.05) is 0 Å². The number of aromatic nitrogens is 3. The van der Waals surface area contributed by atoms with Gasteiger partial charge in [0.1, 0.15) is 5.69 Å². The highest BCUT2D eigenvalue weighted by atomic mass is 35.5. The zero-order valence-corrected chi connectivity index (χ0v) is 14.6. The van der Waals surface area contributed by atoms with Crippen molar-refractivity contribution < 1.29 is 4.79 Å². The molecule has 7 heteroatoms. The van der Waals surface area contributed by atoms with Crippen LogP contribution in [0.2, 0.25) is 5.02 Å². The van der Waals surface area contributed by atoms with Crippen molar-refractivity contribution in [1.82, 2.24) is 20.3 Å². The molecule has 4 aromatic rings. The van der Waals surface area contributed by atoms with E-state index in [9.17, 15) is 4.79 Å². The Balaban J connectivity index is 1.45. The molecule has 0 radical (unpaired) electrons. The molecular formula is C18H13ClN4OS. The Morgan fingerprint density at radius 3 is 2.88 bits per heavy atom. The van der Waals surface area contributed by atoms with Crippen molar-refractivity contribution in [2.24, 2.45) is 0 Å². The van der Waals surface area contributed by atoms with Gasteiger partial charge in [-0.1, -0.05) is 41.1 Å². The van der Waals surface area contributed by atoms with E-state index in [0.29, 0.717) is 22.1 Å². The lowest BCUT2D eigenvalue weighted by molar-refractivity contribution is 0.0954. The molecule has 0 saturated carbocycles. The topological polar surface area (TPSA) is 59.8 Å². The first-order valence-corrected chi connectivity index (χ1v) is 8.82. The van der Waals surface area contributed by atoms with Crippen LogP contribution in [0.5, 0.6) is 0 Å². The van der Waals surface area contributed by atoms with E-state index in [2.05, 4.69) is 15.6 Å². The van der Waals surface area contributed by atoms with Gasteiger partial charge in [0.05, 0.1) is 23.3 Å². The third-order valence-corrected chi connectivity index (χ3v) is 5.04. The molecule has 4 rings (SSSR count). The smallest absolute Gasteiger partial charge is 0.261 e. The van der Waals surface area contributed by atoms with Crippen molar-refractivity contribution in [3.8, 4) is 5.69 Å². The second kappa shape index (κ2) is 6.66. The molecule has 2 heterocycles. The summed E-state index contributed by atoms with van der Waals surface area (Å²) >= 11 is 7.46. The molecule has 0 atom stereocenters. The van der Waals surface area contributed by atoms with Gasteiger partial charge in [0, 0.05) is 9.72 Å². The Labute approximate surface area is 152 Å². The van der Waals surface area contributed by atoms with Crippen molar-refractivity contribution in [3.63, 3.8) is 0 Å². The van der Waals surface area contributed by atoms with Crippen molar-refractivity contribution in [1.29, 1.82) is 0 Å². The number of nitrogens with zero attached hydrogens (tertiary/aromatic N) is 3. The van der Waals surface area contributed by atoms with Crippen molar-refractivity contribution >= 4 is 38.9 Å². The van der Waals surface area contributed by atoms with E-state index in [1.807, 2.05) is 42.5 Å². The van der Waals surface area contributed by atoms with Gasteiger partial charge in [-0.3, -0.25) is 4.79 Å². The van der Waals surface area contributed by atoms with Crippen LogP contribution in [-0.4, -0.2) is 20.9 Å². The molecular weight excluding hydrogens is 356 g/mol. The van der Waals surface area contributed by atoms with Gasteiger partial charge in [0.2, 0.25) is 0 Å². The number of fused-ring (bicyclic) bond motifs is 1. The summed E-state index contributed by atoms with van der Waals surface area (Å²) in [6.07, 6.45) is 1.77. The fourth-order valence-electron chi connectivity index (χ4n) is 2.48. The molecule has 25 heavy (non-hydrogen) atoms. The van der Waals surface area contributed by atoms with Crippen LogP contribution < -0.4 is 5.32 Å². The molecule has 1 amide bonds. The fourth-order valence-corrected chi connectivity index (χ4v) is 3.64. The van der Waals surface area contributed by atoms with Gasteiger partial charge in [0.25, 0.3) is 5.91 Å². The van der Waals surface area contributed by atoms with Gasteiger partial charge < -0.3 is 5.32 Å². The first kappa shape index (κ1) is 15.8. The standard InChI is InChI=1S/C18H13ClN4OS/c19-13-5-3-6-15(9-13)23-11-14(21-22-23)10-20-18(24)17-8-12-4-1-2-7-16(12)25-17/h1-9,11H,10H2,(H,20,24). The summed E-state index contributed by atoms with van der Waals surface area (Å²) in [4.78, 5) is 13.0. The highest BCUT2D eigenvalue weighted by molar-refractivity contribution is 7.20.